The van der Waals surface area contributed by atoms with Gasteiger partial charge in [0.25, 0.3) is 0 Å². The van der Waals surface area contributed by atoms with Crippen molar-refractivity contribution < 1.29 is 4.74 Å². The standard InChI is InChI=1S/C17H28BrNO/c1-16(2,3)19-12-17(4,5)10-9-13-11-14(18)7-8-15(13)20-6/h7-8,11,19H,9-10,12H2,1-6H3. The summed E-state index contributed by atoms with van der Waals surface area (Å²) in [6, 6.07) is 6.21. The predicted molar refractivity (Wildman–Crippen MR) is 90.6 cm³/mol. The van der Waals surface area contributed by atoms with Crippen molar-refractivity contribution >= 4 is 15.9 Å². The first kappa shape index (κ1) is 17.5. The molecule has 0 fully saturated rings. The van der Waals surface area contributed by atoms with Crippen LogP contribution in [-0.4, -0.2) is 19.2 Å². The number of aryl methyl sites for hydroxylation is 1. The smallest absolute Gasteiger partial charge is 0.122 e. The minimum atomic E-state index is 0.171. The van der Waals surface area contributed by atoms with Crippen LogP contribution in [0.25, 0.3) is 0 Å². The Bertz CT molecular complexity index is 435. The summed E-state index contributed by atoms with van der Waals surface area (Å²) in [5, 5.41) is 3.60. The Balaban J connectivity index is 2.63. The van der Waals surface area contributed by atoms with Crippen molar-refractivity contribution in [1.29, 1.82) is 0 Å². The topological polar surface area (TPSA) is 21.3 Å². The number of benzene rings is 1. The molecule has 0 aliphatic carbocycles. The van der Waals surface area contributed by atoms with Crippen LogP contribution in [-0.2, 0) is 6.42 Å². The minimum absolute atomic E-state index is 0.171. The second-order valence-electron chi connectivity index (χ2n) is 7.22. The molecule has 0 radical (unpaired) electrons. The van der Waals surface area contributed by atoms with Crippen LogP contribution in [0.3, 0.4) is 0 Å². The normalized spacial score (nSPS) is 12.6. The Labute approximate surface area is 132 Å². The maximum absolute atomic E-state index is 5.44. The van der Waals surface area contributed by atoms with E-state index in [1.54, 1.807) is 7.11 Å². The van der Waals surface area contributed by atoms with Gasteiger partial charge in [0.1, 0.15) is 5.75 Å². The third-order valence-electron chi connectivity index (χ3n) is 3.41. The molecule has 0 atom stereocenters. The molecule has 1 aromatic rings. The molecule has 0 bridgehead atoms. The zero-order valence-corrected chi connectivity index (χ0v) is 15.2. The molecular formula is C17H28BrNO. The molecule has 0 heterocycles. The number of rotatable bonds is 6. The average Bonchev–Trinajstić information content (AvgIpc) is 2.34. The van der Waals surface area contributed by atoms with Gasteiger partial charge in [0.15, 0.2) is 0 Å². The number of halogens is 1. The molecule has 3 heteroatoms. The molecule has 20 heavy (non-hydrogen) atoms. The molecule has 0 aliphatic rings. The summed E-state index contributed by atoms with van der Waals surface area (Å²) >= 11 is 3.53. The first-order valence-corrected chi connectivity index (χ1v) is 8.00. The summed E-state index contributed by atoms with van der Waals surface area (Å²) in [6.07, 6.45) is 2.16. The van der Waals surface area contributed by atoms with E-state index in [-0.39, 0.29) is 11.0 Å². The molecule has 0 saturated heterocycles. The lowest BCUT2D eigenvalue weighted by Crippen LogP contribution is -2.42. The lowest BCUT2D eigenvalue weighted by molar-refractivity contribution is 0.272. The molecule has 2 nitrogen and oxygen atoms in total. The van der Waals surface area contributed by atoms with Gasteiger partial charge in [-0.25, -0.2) is 0 Å². The van der Waals surface area contributed by atoms with Gasteiger partial charge in [-0.15, -0.1) is 0 Å². The van der Waals surface area contributed by atoms with E-state index in [2.05, 4.69) is 61.9 Å². The Kier molecular flexibility index (Phi) is 6.08. The molecule has 1 N–H and O–H groups in total. The molecule has 1 aromatic carbocycles. The van der Waals surface area contributed by atoms with Crippen LogP contribution in [0.15, 0.2) is 22.7 Å². The molecular weight excluding hydrogens is 314 g/mol. The molecule has 0 unspecified atom stereocenters. The van der Waals surface area contributed by atoms with Crippen molar-refractivity contribution in [2.75, 3.05) is 13.7 Å². The molecule has 0 amide bonds. The number of hydrogen-bond acceptors (Lipinski definition) is 2. The quantitative estimate of drug-likeness (QED) is 0.801. The number of nitrogens with one attached hydrogen (secondary N) is 1. The lowest BCUT2D eigenvalue weighted by Gasteiger charge is -2.30. The third kappa shape index (κ3) is 6.27. The largest absolute Gasteiger partial charge is 0.496 e. The predicted octanol–water partition coefficient (Wildman–Crippen LogP) is 4.80. The maximum Gasteiger partial charge on any atom is 0.122 e. The second kappa shape index (κ2) is 6.95. The van der Waals surface area contributed by atoms with Crippen LogP contribution in [0.5, 0.6) is 5.75 Å². The Morgan fingerprint density at radius 3 is 2.35 bits per heavy atom. The van der Waals surface area contributed by atoms with E-state index >= 15 is 0 Å². The van der Waals surface area contributed by atoms with Crippen molar-refractivity contribution in [3.8, 4) is 5.75 Å². The van der Waals surface area contributed by atoms with Gasteiger partial charge < -0.3 is 10.1 Å². The van der Waals surface area contributed by atoms with Crippen LogP contribution in [0.1, 0.15) is 46.6 Å². The molecule has 0 saturated carbocycles. The minimum Gasteiger partial charge on any atom is -0.496 e. The number of ether oxygens (including phenoxy) is 1. The number of hydrogen-bond donors (Lipinski definition) is 1. The van der Waals surface area contributed by atoms with Crippen molar-refractivity contribution in [3.05, 3.63) is 28.2 Å². The van der Waals surface area contributed by atoms with Crippen molar-refractivity contribution in [3.63, 3.8) is 0 Å². The van der Waals surface area contributed by atoms with Gasteiger partial charge >= 0.3 is 0 Å². The SMILES string of the molecule is COc1ccc(Br)cc1CCC(C)(C)CNC(C)(C)C. The van der Waals surface area contributed by atoms with Gasteiger partial charge in [0.05, 0.1) is 7.11 Å². The monoisotopic (exact) mass is 341 g/mol. The van der Waals surface area contributed by atoms with Crippen LogP contribution in [0.2, 0.25) is 0 Å². The summed E-state index contributed by atoms with van der Waals surface area (Å²) in [6.45, 7) is 12.3. The van der Waals surface area contributed by atoms with E-state index in [0.717, 1.165) is 29.6 Å². The van der Waals surface area contributed by atoms with Crippen LogP contribution in [0, 0.1) is 5.41 Å². The third-order valence-corrected chi connectivity index (χ3v) is 3.90. The maximum atomic E-state index is 5.44. The highest BCUT2D eigenvalue weighted by Gasteiger charge is 2.21. The fraction of sp³-hybridized carbons (Fsp3) is 0.647. The highest BCUT2D eigenvalue weighted by molar-refractivity contribution is 9.10. The summed E-state index contributed by atoms with van der Waals surface area (Å²) in [7, 11) is 1.74. The molecule has 0 aromatic heterocycles. The van der Waals surface area contributed by atoms with Gasteiger partial charge in [-0.2, -0.15) is 0 Å². The van der Waals surface area contributed by atoms with E-state index < -0.39 is 0 Å². The summed E-state index contributed by atoms with van der Waals surface area (Å²) in [4.78, 5) is 0. The second-order valence-corrected chi connectivity index (χ2v) is 8.14. The van der Waals surface area contributed by atoms with Gasteiger partial charge in [-0.1, -0.05) is 29.8 Å². The highest BCUT2D eigenvalue weighted by Crippen LogP contribution is 2.28. The van der Waals surface area contributed by atoms with E-state index in [0.29, 0.717) is 0 Å². The van der Waals surface area contributed by atoms with E-state index in [1.807, 2.05) is 12.1 Å². The Hall–Kier alpha value is -0.540. The summed E-state index contributed by atoms with van der Waals surface area (Å²) in [5.41, 5.74) is 1.71. The molecule has 114 valence electrons. The molecule has 0 spiro atoms. The van der Waals surface area contributed by atoms with Crippen molar-refractivity contribution in [2.45, 2.75) is 53.0 Å². The van der Waals surface area contributed by atoms with Gasteiger partial charge in [0, 0.05) is 16.6 Å². The van der Waals surface area contributed by atoms with E-state index in [1.165, 1.54) is 5.56 Å². The van der Waals surface area contributed by atoms with Gasteiger partial charge in [-0.05, 0) is 62.8 Å². The first-order chi connectivity index (χ1) is 9.13. The van der Waals surface area contributed by atoms with Gasteiger partial charge in [-0.3, -0.25) is 0 Å². The van der Waals surface area contributed by atoms with Gasteiger partial charge in [0.2, 0.25) is 0 Å². The fourth-order valence-electron chi connectivity index (χ4n) is 2.01. The van der Waals surface area contributed by atoms with E-state index in [9.17, 15) is 0 Å². The average molecular weight is 342 g/mol. The first-order valence-electron chi connectivity index (χ1n) is 7.20. The van der Waals surface area contributed by atoms with Crippen molar-refractivity contribution in [2.24, 2.45) is 5.41 Å². The van der Waals surface area contributed by atoms with Crippen LogP contribution < -0.4 is 10.1 Å². The molecule has 1 rings (SSSR count). The summed E-state index contributed by atoms with van der Waals surface area (Å²) in [5.74, 6) is 0.979. The van der Waals surface area contributed by atoms with E-state index in [4.69, 9.17) is 4.74 Å². The highest BCUT2D eigenvalue weighted by atomic mass is 79.9. The van der Waals surface area contributed by atoms with Crippen LogP contribution in [0.4, 0.5) is 0 Å². The number of methoxy groups -OCH3 is 1. The Morgan fingerprint density at radius 1 is 1.15 bits per heavy atom. The zero-order chi connectivity index (χ0) is 15.4. The van der Waals surface area contributed by atoms with Crippen LogP contribution >= 0.6 is 15.9 Å². The zero-order valence-electron chi connectivity index (χ0n) is 13.6. The fourth-order valence-corrected chi connectivity index (χ4v) is 2.42. The lowest BCUT2D eigenvalue weighted by atomic mass is 9.85. The summed E-state index contributed by atoms with van der Waals surface area (Å²) < 4.78 is 6.55. The van der Waals surface area contributed by atoms with Crippen molar-refractivity contribution in [1.82, 2.24) is 5.32 Å². The molecule has 0 aliphatic heterocycles. The Morgan fingerprint density at radius 2 is 1.80 bits per heavy atom.